The molecule has 0 aliphatic carbocycles. The molecule has 2 heterocycles. The number of carbonyl (C=O) groups excluding carboxylic acids is 1. The van der Waals surface area contributed by atoms with E-state index in [1.807, 2.05) is 24.3 Å². The maximum absolute atomic E-state index is 13.9. The first-order valence-electron chi connectivity index (χ1n) is 11.0. The van der Waals surface area contributed by atoms with Crippen LogP contribution in [0.5, 0.6) is 0 Å². The standard InChI is InChI=1S/C26H15N5O5S/c32-26(29-19-9-3-5-11-23(19)37-24-12-6-4-10-20(24)29)16-13-21(30(33)34)25(22(14-16)31(35)36)28-15-27-17-7-1-2-8-18(17)28/h1-15H. The van der Waals surface area contributed by atoms with E-state index in [0.29, 0.717) is 22.4 Å². The molecule has 0 fully saturated rings. The van der Waals surface area contributed by atoms with E-state index in [0.717, 1.165) is 21.9 Å². The molecule has 1 aliphatic rings. The fourth-order valence-corrected chi connectivity index (χ4v) is 5.50. The highest BCUT2D eigenvalue weighted by Crippen LogP contribution is 2.49. The molecular formula is C26H15N5O5S. The number of nitrogens with zero attached hydrogens (tertiary/aromatic N) is 5. The van der Waals surface area contributed by atoms with Gasteiger partial charge in [-0.1, -0.05) is 48.2 Å². The number of hydrogen-bond donors (Lipinski definition) is 0. The lowest BCUT2D eigenvalue weighted by atomic mass is 10.1. The van der Waals surface area contributed by atoms with Crippen LogP contribution in [0.15, 0.2) is 101 Å². The highest BCUT2D eigenvalue weighted by Gasteiger charge is 2.34. The van der Waals surface area contributed by atoms with Crippen molar-refractivity contribution in [2.45, 2.75) is 9.79 Å². The highest BCUT2D eigenvalue weighted by molar-refractivity contribution is 7.99. The van der Waals surface area contributed by atoms with E-state index in [1.165, 1.54) is 27.6 Å². The Hall–Kier alpha value is -5.03. The van der Waals surface area contributed by atoms with Crippen LogP contribution in [-0.2, 0) is 0 Å². The molecule has 0 bridgehead atoms. The second kappa shape index (κ2) is 8.57. The van der Waals surface area contributed by atoms with Crippen LogP contribution < -0.4 is 4.90 Å². The van der Waals surface area contributed by atoms with Crippen LogP contribution in [0, 0.1) is 20.2 Å². The number of anilines is 2. The third-order valence-electron chi connectivity index (χ3n) is 6.04. The summed E-state index contributed by atoms with van der Waals surface area (Å²) in [5.74, 6) is -0.617. The maximum atomic E-state index is 13.9. The molecule has 1 aliphatic heterocycles. The van der Waals surface area contributed by atoms with Crippen molar-refractivity contribution < 1.29 is 14.6 Å². The fourth-order valence-electron chi connectivity index (χ4n) is 4.44. The Morgan fingerprint density at radius 3 is 1.92 bits per heavy atom. The van der Waals surface area contributed by atoms with Gasteiger partial charge in [0.05, 0.1) is 37.8 Å². The predicted octanol–water partition coefficient (Wildman–Crippen LogP) is 6.29. The number of amides is 1. The van der Waals surface area contributed by atoms with Crippen molar-refractivity contribution in [3.63, 3.8) is 0 Å². The van der Waals surface area contributed by atoms with Gasteiger partial charge in [-0.3, -0.25) is 34.5 Å². The van der Waals surface area contributed by atoms with E-state index in [1.54, 1.807) is 48.5 Å². The summed E-state index contributed by atoms with van der Waals surface area (Å²) in [4.78, 5) is 44.2. The van der Waals surface area contributed by atoms with Crippen LogP contribution >= 0.6 is 11.8 Å². The number of rotatable bonds is 4. The number of nitro groups is 2. The predicted molar refractivity (Wildman–Crippen MR) is 138 cm³/mol. The number of hydrogen-bond acceptors (Lipinski definition) is 7. The van der Waals surface area contributed by atoms with E-state index < -0.39 is 27.1 Å². The summed E-state index contributed by atoms with van der Waals surface area (Å²) in [6, 6.07) is 23.5. The molecule has 0 N–H and O–H groups in total. The van der Waals surface area contributed by atoms with Crippen molar-refractivity contribution in [1.29, 1.82) is 0 Å². The summed E-state index contributed by atoms with van der Waals surface area (Å²) in [6.07, 6.45) is 1.30. The zero-order valence-corrected chi connectivity index (χ0v) is 19.7. The third kappa shape index (κ3) is 3.60. The fraction of sp³-hybridized carbons (Fsp3) is 0. The van der Waals surface area contributed by atoms with Gasteiger partial charge in [0.15, 0.2) is 0 Å². The van der Waals surface area contributed by atoms with E-state index >= 15 is 0 Å². The number of aromatic nitrogens is 2. The second-order valence-corrected chi connectivity index (χ2v) is 9.24. The number of imidazole rings is 1. The van der Waals surface area contributed by atoms with Gasteiger partial charge in [0.25, 0.3) is 5.91 Å². The molecule has 5 aromatic rings. The molecule has 0 unspecified atom stereocenters. The summed E-state index contributed by atoms with van der Waals surface area (Å²) in [5.41, 5.74) is 0.562. The zero-order chi connectivity index (χ0) is 25.7. The molecular weight excluding hydrogens is 494 g/mol. The highest BCUT2D eigenvalue weighted by atomic mass is 32.2. The monoisotopic (exact) mass is 509 g/mol. The van der Waals surface area contributed by atoms with E-state index in [2.05, 4.69) is 4.98 Å². The number of nitro benzene ring substituents is 2. The first-order chi connectivity index (χ1) is 17.9. The number of carbonyl (C=O) groups is 1. The average molecular weight is 510 g/mol. The molecule has 4 aromatic carbocycles. The molecule has 0 saturated carbocycles. The van der Waals surface area contributed by atoms with Crippen molar-refractivity contribution >= 4 is 51.5 Å². The van der Waals surface area contributed by atoms with E-state index in [4.69, 9.17) is 0 Å². The summed E-state index contributed by atoms with van der Waals surface area (Å²) in [7, 11) is 0. The summed E-state index contributed by atoms with van der Waals surface area (Å²) in [6.45, 7) is 0. The Balaban J connectivity index is 1.58. The molecule has 0 saturated heterocycles. The SMILES string of the molecule is O=C(c1cc([N+](=O)[O-])c(-n2cnc3ccccc32)c([N+](=O)[O-])c1)N1c2ccccc2Sc2ccccc21. The topological polar surface area (TPSA) is 124 Å². The van der Waals surface area contributed by atoms with Crippen LogP contribution in [0.3, 0.4) is 0 Å². The minimum Gasteiger partial charge on any atom is -0.287 e. The van der Waals surface area contributed by atoms with Crippen molar-refractivity contribution in [3.05, 3.63) is 117 Å². The van der Waals surface area contributed by atoms with Gasteiger partial charge >= 0.3 is 11.4 Å². The molecule has 1 aromatic heterocycles. The lowest BCUT2D eigenvalue weighted by Gasteiger charge is -2.31. The lowest BCUT2D eigenvalue weighted by Crippen LogP contribution is -2.28. The quantitative estimate of drug-likeness (QED) is 0.206. The number of fused-ring (bicyclic) bond motifs is 3. The molecule has 10 nitrogen and oxygen atoms in total. The minimum absolute atomic E-state index is 0.178. The molecule has 180 valence electrons. The van der Waals surface area contributed by atoms with Crippen molar-refractivity contribution in [1.82, 2.24) is 9.55 Å². The third-order valence-corrected chi connectivity index (χ3v) is 7.17. The van der Waals surface area contributed by atoms with Gasteiger partial charge in [0, 0.05) is 21.9 Å². The minimum atomic E-state index is -0.720. The Morgan fingerprint density at radius 2 is 1.32 bits per heavy atom. The molecule has 0 radical (unpaired) electrons. The molecule has 0 spiro atoms. The number of benzene rings is 4. The number of para-hydroxylation sites is 4. The van der Waals surface area contributed by atoms with Gasteiger partial charge in [0.2, 0.25) is 5.69 Å². The Kier molecular flexibility index (Phi) is 5.20. The first kappa shape index (κ1) is 22.4. The maximum Gasteiger partial charge on any atom is 0.301 e. The molecule has 11 heteroatoms. The smallest absolute Gasteiger partial charge is 0.287 e. The Morgan fingerprint density at radius 1 is 0.784 bits per heavy atom. The largest absolute Gasteiger partial charge is 0.301 e. The van der Waals surface area contributed by atoms with Gasteiger partial charge in [-0.05, 0) is 36.4 Å². The lowest BCUT2D eigenvalue weighted by molar-refractivity contribution is -0.393. The van der Waals surface area contributed by atoms with Crippen LogP contribution in [-0.4, -0.2) is 25.3 Å². The van der Waals surface area contributed by atoms with Gasteiger partial charge in [-0.25, -0.2) is 4.98 Å². The molecule has 6 rings (SSSR count). The van der Waals surface area contributed by atoms with Crippen molar-refractivity contribution in [2.24, 2.45) is 0 Å². The molecule has 1 amide bonds. The second-order valence-electron chi connectivity index (χ2n) is 8.16. The summed E-state index contributed by atoms with van der Waals surface area (Å²) < 4.78 is 1.31. The molecule has 0 atom stereocenters. The summed E-state index contributed by atoms with van der Waals surface area (Å²) >= 11 is 1.50. The van der Waals surface area contributed by atoms with Crippen LogP contribution in [0.1, 0.15) is 10.4 Å². The van der Waals surface area contributed by atoms with E-state index in [9.17, 15) is 25.0 Å². The van der Waals surface area contributed by atoms with Crippen LogP contribution in [0.4, 0.5) is 22.7 Å². The van der Waals surface area contributed by atoms with Gasteiger partial charge < -0.3 is 0 Å². The van der Waals surface area contributed by atoms with Crippen molar-refractivity contribution in [3.8, 4) is 5.69 Å². The average Bonchev–Trinajstić information content (AvgIpc) is 3.34. The molecule has 37 heavy (non-hydrogen) atoms. The van der Waals surface area contributed by atoms with E-state index in [-0.39, 0.29) is 11.3 Å². The van der Waals surface area contributed by atoms with Crippen LogP contribution in [0.2, 0.25) is 0 Å². The van der Waals surface area contributed by atoms with Gasteiger partial charge in [-0.2, -0.15) is 0 Å². The van der Waals surface area contributed by atoms with Crippen LogP contribution in [0.25, 0.3) is 16.7 Å². The Labute approximate surface area is 213 Å². The normalized spacial score (nSPS) is 12.2. The van der Waals surface area contributed by atoms with Crippen molar-refractivity contribution in [2.75, 3.05) is 4.90 Å². The first-order valence-corrected chi connectivity index (χ1v) is 11.9. The zero-order valence-electron chi connectivity index (χ0n) is 18.8. The summed E-state index contributed by atoms with van der Waals surface area (Å²) in [5, 5.41) is 24.4. The van der Waals surface area contributed by atoms with Gasteiger partial charge in [0.1, 0.15) is 6.33 Å². The Bertz CT molecular complexity index is 1690. The van der Waals surface area contributed by atoms with Gasteiger partial charge in [-0.15, -0.1) is 0 Å².